The summed E-state index contributed by atoms with van der Waals surface area (Å²) in [6.45, 7) is 2.38. The minimum Gasteiger partial charge on any atom is -0.508 e. The molecule has 1 amide bonds. The Balaban J connectivity index is 1.81. The Labute approximate surface area is 167 Å². The Morgan fingerprint density at radius 3 is 2.62 bits per heavy atom. The van der Waals surface area contributed by atoms with Crippen LogP contribution in [0.2, 0.25) is 0 Å². The minimum atomic E-state index is -0.790. The Hall–Kier alpha value is -3.54. The summed E-state index contributed by atoms with van der Waals surface area (Å²) < 4.78 is 5.68. The fourth-order valence-electron chi connectivity index (χ4n) is 3.71. The molecule has 6 nitrogen and oxygen atoms in total. The first kappa shape index (κ1) is 18.8. The summed E-state index contributed by atoms with van der Waals surface area (Å²) in [5, 5.41) is 21.3. The number of para-hydroxylation sites is 1. The van der Waals surface area contributed by atoms with Crippen LogP contribution < -0.4 is 0 Å². The van der Waals surface area contributed by atoms with Crippen molar-refractivity contribution in [2.45, 2.75) is 25.8 Å². The van der Waals surface area contributed by atoms with Gasteiger partial charge in [0.2, 0.25) is 5.78 Å². The van der Waals surface area contributed by atoms with Crippen molar-refractivity contribution >= 4 is 22.7 Å². The summed E-state index contributed by atoms with van der Waals surface area (Å²) in [5.74, 6) is -1.62. The molecule has 0 fully saturated rings. The van der Waals surface area contributed by atoms with Gasteiger partial charge in [0.15, 0.2) is 11.5 Å². The van der Waals surface area contributed by atoms with Gasteiger partial charge >= 0.3 is 0 Å². The minimum absolute atomic E-state index is 0.0207. The standard InChI is InChI=1S/C23H21NO5/c1-2-3-11-24-20(15-8-6-9-16(25)12-15)19(22(27)23(24)28)21(26)18-13-14-7-4-5-10-17(14)29-18/h4-10,12-13,20,25,27H,2-3,11H2,1H3. The van der Waals surface area contributed by atoms with Gasteiger partial charge in [-0.15, -0.1) is 0 Å². The maximum atomic E-state index is 13.3. The lowest BCUT2D eigenvalue weighted by molar-refractivity contribution is -0.129. The van der Waals surface area contributed by atoms with Gasteiger partial charge in [0.1, 0.15) is 11.3 Å². The van der Waals surface area contributed by atoms with Gasteiger partial charge in [-0.1, -0.05) is 43.7 Å². The van der Waals surface area contributed by atoms with E-state index in [4.69, 9.17) is 4.42 Å². The number of Topliss-reactive ketones (excluding diaryl/α,β-unsaturated/α-hetero) is 1. The number of nitrogens with zero attached hydrogens (tertiary/aromatic N) is 1. The number of phenols is 1. The van der Waals surface area contributed by atoms with Crippen LogP contribution in [0.5, 0.6) is 5.75 Å². The average Bonchev–Trinajstić information content (AvgIpc) is 3.26. The molecule has 6 heteroatoms. The van der Waals surface area contributed by atoms with Crippen molar-refractivity contribution in [1.29, 1.82) is 0 Å². The average molecular weight is 391 g/mol. The van der Waals surface area contributed by atoms with Crippen molar-refractivity contribution in [3.8, 4) is 5.75 Å². The van der Waals surface area contributed by atoms with Gasteiger partial charge in [-0.05, 0) is 36.2 Å². The Bertz CT molecular complexity index is 1090. The van der Waals surface area contributed by atoms with Crippen LogP contribution in [-0.2, 0) is 4.79 Å². The highest BCUT2D eigenvalue weighted by atomic mass is 16.3. The molecule has 1 unspecified atom stereocenters. The molecule has 3 aromatic rings. The number of furan rings is 1. The largest absolute Gasteiger partial charge is 0.508 e. The van der Waals surface area contributed by atoms with Crippen LogP contribution in [0.1, 0.15) is 41.9 Å². The number of hydrogen-bond donors (Lipinski definition) is 2. The van der Waals surface area contributed by atoms with Crippen molar-refractivity contribution in [1.82, 2.24) is 4.90 Å². The van der Waals surface area contributed by atoms with Crippen LogP contribution in [0.25, 0.3) is 11.0 Å². The number of ketones is 1. The summed E-state index contributed by atoms with van der Waals surface area (Å²) in [6.07, 6.45) is 1.57. The third-order valence-corrected chi connectivity index (χ3v) is 5.14. The number of aliphatic hydroxyl groups excluding tert-OH is 1. The number of amides is 1. The first-order valence-corrected chi connectivity index (χ1v) is 9.57. The number of aliphatic hydroxyl groups is 1. The molecule has 0 spiro atoms. The molecule has 0 saturated heterocycles. The number of unbranched alkanes of at least 4 members (excludes halogenated alkanes) is 1. The first-order chi connectivity index (χ1) is 14.0. The topological polar surface area (TPSA) is 91.0 Å². The third kappa shape index (κ3) is 3.27. The molecule has 1 aromatic heterocycles. The van der Waals surface area contributed by atoms with E-state index in [1.54, 1.807) is 30.3 Å². The number of rotatable bonds is 6. The molecule has 2 aromatic carbocycles. The van der Waals surface area contributed by atoms with Gasteiger partial charge in [0, 0.05) is 11.9 Å². The molecule has 0 aliphatic carbocycles. The second kappa shape index (κ2) is 7.47. The number of fused-ring (bicyclic) bond motifs is 1. The zero-order valence-corrected chi connectivity index (χ0v) is 16.0. The lowest BCUT2D eigenvalue weighted by atomic mass is 9.94. The normalized spacial score (nSPS) is 16.8. The van der Waals surface area contributed by atoms with E-state index in [0.717, 1.165) is 18.2 Å². The van der Waals surface area contributed by atoms with Gasteiger partial charge < -0.3 is 19.5 Å². The number of benzene rings is 2. The lowest BCUT2D eigenvalue weighted by Gasteiger charge is -2.26. The van der Waals surface area contributed by atoms with Crippen LogP contribution in [0.3, 0.4) is 0 Å². The highest BCUT2D eigenvalue weighted by molar-refractivity contribution is 6.16. The maximum Gasteiger partial charge on any atom is 0.290 e. The van der Waals surface area contributed by atoms with E-state index in [2.05, 4.69) is 0 Å². The molecule has 1 atom stereocenters. The molecule has 1 aliphatic rings. The predicted octanol–water partition coefficient (Wildman–Crippen LogP) is 4.52. The number of aromatic hydroxyl groups is 1. The number of hydrogen-bond acceptors (Lipinski definition) is 5. The van der Waals surface area contributed by atoms with E-state index < -0.39 is 23.5 Å². The molecule has 0 radical (unpaired) electrons. The molecule has 0 saturated carbocycles. The highest BCUT2D eigenvalue weighted by Gasteiger charge is 2.44. The molecule has 2 N–H and O–H groups in total. The number of carbonyl (C=O) groups is 2. The lowest BCUT2D eigenvalue weighted by Crippen LogP contribution is -2.32. The second-order valence-corrected chi connectivity index (χ2v) is 7.09. The van der Waals surface area contributed by atoms with Crippen molar-refractivity contribution in [3.05, 3.63) is 77.3 Å². The van der Waals surface area contributed by atoms with E-state index in [-0.39, 0.29) is 17.1 Å². The van der Waals surface area contributed by atoms with Crippen LogP contribution in [0, 0.1) is 0 Å². The molecule has 29 heavy (non-hydrogen) atoms. The van der Waals surface area contributed by atoms with Gasteiger partial charge in [0.05, 0.1) is 11.6 Å². The monoisotopic (exact) mass is 391 g/mol. The predicted molar refractivity (Wildman–Crippen MR) is 108 cm³/mol. The van der Waals surface area contributed by atoms with Gasteiger partial charge in [0.25, 0.3) is 5.91 Å². The SMILES string of the molecule is CCCCN1C(=O)C(O)=C(C(=O)c2cc3ccccc3o2)C1c1cccc(O)c1. The summed E-state index contributed by atoms with van der Waals surface area (Å²) in [7, 11) is 0. The van der Waals surface area contributed by atoms with E-state index in [1.807, 2.05) is 19.1 Å². The van der Waals surface area contributed by atoms with Crippen molar-refractivity contribution in [3.63, 3.8) is 0 Å². The molecule has 2 heterocycles. The van der Waals surface area contributed by atoms with Crippen LogP contribution in [0.4, 0.5) is 0 Å². The molecular weight excluding hydrogens is 370 g/mol. The van der Waals surface area contributed by atoms with Crippen molar-refractivity contribution in [2.24, 2.45) is 0 Å². The van der Waals surface area contributed by atoms with Crippen LogP contribution in [0.15, 0.2) is 70.3 Å². The molecule has 4 rings (SSSR count). The molecular formula is C23H21NO5. The summed E-state index contributed by atoms with van der Waals surface area (Å²) >= 11 is 0. The maximum absolute atomic E-state index is 13.3. The fourth-order valence-corrected chi connectivity index (χ4v) is 3.71. The van der Waals surface area contributed by atoms with Gasteiger partial charge in [-0.2, -0.15) is 0 Å². The van der Waals surface area contributed by atoms with E-state index in [0.29, 0.717) is 17.7 Å². The summed E-state index contributed by atoms with van der Waals surface area (Å²) in [4.78, 5) is 27.6. The quantitative estimate of drug-likeness (QED) is 0.603. The highest BCUT2D eigenvalue weighted by Crippen LogP contribution is 2.40. The Morgan fingerprint density at radius 2 is 1.90 bits per heavy atom. The Kier molecular flexibility index (Phi) is 4.84. The van der Waals surface area contributed by atoms with E-state index >= 15 is 0 Å². The zero-order valence-electron chi connectivity index (χ0n) is 16.0. The molecule has 1 aliphatic heterocycles. The van der Waals surface area contributed by atoms with Crippen LogP contribution >= 0.6 is 0 Å². The third-order valence-electron chi connectivity index (χ3n) is 5.14. The fraction of sp³-hybridized carbons (Fsp3) is 0.217. The van der Waals surface area contributed by atoms with Crippen molar-refractivity contribution < 1.29 is 24.2 Å². The summed E-state index contributed by atoms with van der Waals surface area (Å²) in [6, 6.07) is 14.4. The number of carbonyl (C=O) groups excluding carboxylic acids is 2. The molecule has 0 bridgehead atoms. The van der Waals surface area contributed by atoms with E-state index in [9.17, 15) is 19.8 Å². The second-order valence-electron chi connectivity index (χ2n) is 7.09. The number of phenolic OH excluding ortho intramolecular Hbond substituents is 1. The van der Waals surface area contributed by atoms with Gasteiger partial charge in [-0.25, -0.2) is 0 Å². The summed E-state index contributed by atoms with van der Waals surface area (Å²) in [5.41, 5.74) is 1.07. The molecule has 148 valence electrons. The van der Waals surface area contributed by atoms with Crippen molar-refractivity contribution in [2.75, 3.05) is 6.54 Å². The Morgan fingerprint density at radius 1 is 1.10 bits per heavy atom. The van der Waals surface area contributed by atoms with Crippen LogP contribution in [-0.4, -0.2) is 33.3 Å². The van der Waals surface area contributed by atoms with E-state index in [1.165, 1.54) is 17.0 Å². The van der Waals surface area contributed by atoms with Gasteiger partial charge in [-0.3, -0.25) is 9.59 Å². The zero-order chi connectivity index (χ0) is 20.5. The first-order valence-electron chi connectivity index (χ1n) is 9.57. The smallest absolute Gasteiger partial charge is 0.290 e.